The van der Waals surface area contributed by atoms with E-state index in [0.717, 1.165) is 12.3 Å². The van der Waals surface area contributed by atoms with Gasteiger partial charge in [-0.3, -0.25) is 4.79 Å². The first-order valence-corrected chi connectivity index (χ1v) is 7.59. The number of hydrogen-bond donors (Lipinski definition) is 1. The van der Waals surface area contributed by atoms with E-state index in [9.17, 15) is 18.0 Å². The van der Waals surface area contributed by atoms with Gasteiger partial charge in [-0.05, 0) is 18.2 Å². The van der Waals surface area contributed by atoms with Gasteiger partial charge in [0.1, 0.15) is 10.8 Å². The lowest BCUT2D eigenvalue weighted by molar-refractivity contribution is -0.137. The summed E-state index contributed by atoms with van der Waals surface area (Å²) in [6.45, 7) is -0.432. The van der Waals surface area contributed by atoms with Crippen molar-refractivity contribution in [3.63, 3.8) is 0 Å². The van der Waals surface area contributed by atoms with E-state index in [1.54, 1.807) is 12.1 Å². The molecule has 2 aromatic rings. The van der Waals surface area contributed by atoms with Crippen molar-refractivity contribution < 1.29 is 22.7 Å². The number of carbonyl (C=O) groups is 1. The molecular formula is C16H11Cl2F3N2O2. The minimum absolute atomic E-state index is 0.152. The predicted octanol–water partition coefficient (Wildman–Crippen LogP) is 4.54. The number of nitrogens with zero attached hydrogens (tertiary/aromatic N) is 1. The van der Waals surface area contributed by atoms with E-state index in [2.05, 4.69) is 10.5 Å². The van der Waals surface area contributed by atoms with E-state index in [0.29, 0.717) is 0 Å². The monoisotopic (exact) mass is 390 g/mol. The van der Waals surface area contributed by atoms with Gasteiger partial charge >= 0.3 is 6.18 Å². The molecule has 4 nitrogen and oxygen atoms in total. The molecule has 1 amide bonds. The Bertz CT molecular complexity index is 795. The molecule has 0 saturated heterocycles. The van der Waals surface area contributed by atoms with Gasteiger partial charge in [-0.2, -0.15) is 18.3 Å². The zero-order valence-electron chi connectivity index (χ0n) is 12.5. The van der Waals surface area contributed by atoms with Crippen LogP contribution < -0.4 is 10.2 Å². The van der Waals surface area contributed by atoms with Crippen LogP contribution in [0.3, 0.4) is 0 Å². The predicted molar refractivity (Wildman–Crippen MR) is 89.1 cm³/mol. The topological polar surface area (TPSA) is 50.7 Å². The van der Waals surface area contributed by atoms with E-state index in [4.69, 9.17) is 27.9 Å². The van der Waals surface area contributed by atoms with Gasteiger partial charge in [0.15, 0.2) is 6.61 Å². The van der Waals surface area contributed by atoms with Gasteiger partial charge in [-0.1, -0.05) is 47.5 Å². The Hall–Kier alpha value is -2.25. The summed E-state index contributed by atoms with van der Waals surface area (Å²) in [7, 11) is 0. The van der Waals surface area contributed by atoms with Crippen molar-refractivity contribution >= 4 is 35.3 Å². The highest BCUT2D eigenvalue weighted by atomic mass is 35.5. The van der Waals surface area contributed by atoms with Crippen molar-refractivity contribution in [1.29, 1.82) is 0 Å². The fourth-order valence-corrected chi connectivity index (χ4v) is 2.16. The summed E-state index contributed by atoms with van der Waals surface area (Å²) >= 11 is 11.7. The van der Waals surface area contributed by atoms with Crippen LogP contribution in [0.5, 0.6) is 5.75 Å². The van der Waals surface area contributed by atoms with E-state index < -0.39 is 24.3 Å². The SMILES string of the molecule is O=C(COc1cccc(Cl)c1Cl)N/N=C\c1ccccc1C(F)(F)F. The second kappa shape index (κ2) is 8.22. The van der Waals surface area contributed by atoms with Crippen molar-refractivity contribution in [1.82, 2.24) is 5.43 Å². The maximum Gasteiger partial charge on any atom is 0.417 e. The van der Waals surface area contributed by atoms with Gasteiger partial charge in [0, 0.05) is 5.56 Å². The molecule has 132 valence electrons. The standard InChI is InChI=1S/C16H11Cl2F3N2O2/c17-12-6-3-7-13(15(12)18)25-9-14(24)23-22-8-10-4-1-2-5-11(10)16(19,20)21/h1-8H,9H2,(H,23,24)/b22-8-. The van der Waals surface area contributed by atoms with Crippen LogP contribution in [0.25, 0.3) is 0 Å². The number of halogens is 5. The molecule has 0 aliphatic heterocycles. The van der Waals surface area contributed by atoms with Crippen molar-refractivity contribution in [2.75, 3.05) is 6.61 Å². The van der Waals surface area contributed by atoms with E-state index in [-0.39, 0.29) is 21.4 Å². The summed E-state index contributed by atoms with van der Waals surface area (Å²) in [5.41, 5.74) is 1.05. The molecule has 0 bridgehead atoms. The van der Waals surface area contributed by atoms with Crippen LogP contribution in [0.2, 0.25) is 10.0 Å². The molecule has 2 aromatic carbocycles. The molecule has 0 radical (unpaired) electrons. The summed E-state index contributed by atoms with van der Waals surface area (Å²) in [6, 6.07) is 9.52. The molecule has 0 atom stereocenters. The third kappa shape index (κ3) is 5.37. The van der Waals surface area contributed by atoms with Crippen LogP contribution in [-0.2, 0) is 11.0 Å². The molecule has 1 N–H and O–H groups in total. The Morgan fingerprint density at radius 1 is 1.16 bits per heavy atom. The maximum atomic E-state index is 12.8. The quantitative estimate of drug-likeness (QED) is 0.601. The van der Waals surface area contributed by atoms with Gasteiger partial charge in [-0.15, -0.1) is 0 Å². The Labute approximate surface area is 151 Å². The van der Waals surface area contributed by atoms with Crippen LogP contribution in [0.4, 0.5) is 13.2 Å². The maximum absolute atomic E-state index is 12.8. The largest absolute Gasteiger partial charge is 0.482 e. The Morgan fingerprint density at radius 2 is 1.88 bits per heavy atom. The summed E-state index contributed by atoms with van der Waals surface area (Å²) in [5.74, 6) is -0.465. The van der Waals surface area contributed by atoms with Crippen LogP contribution in [0.1, 0.15) is 11.1 Å². The average molecular weight is 391 g/mol. The molecule has 0 heterocycles. The number of hydrogen-bond acceptors (Lipinski definition) is 3. The summed E-state index contributed by atoms with van der Waals surface area (Å²) in [5, 5.41) is 3.92. The highest BCUT2D eigenvalue weighted by Crippen LogP contribution is 2.32. The minimum Gasteiger partial charge on any atom is -0.482 e. The number of amides is 1. The number of nitrogens with one attached hydrogen (secondary N) is 1. The van der Waals surface area contributed by atoms with Crippen molar-refractivity contribution in [3.05, 3.63) is 63.6 Å². The number of benzene rings is 2. The molecule has 2 rings (SSSR count). The van der Waals surface area contributed by atoms with Gasteiger partial charge in [0.05, 0.1) is 16.8 Å². The number of ether oxygens (including phenoxy) is 1. The first-order valence-electron chi connectivity index (χ1n) is 6.84. The summed E-state index contributed by atoms with van der Waals surface area (Å²) in [4.78, 5) is 11.6. The van der Waals surface area contributed by atoms with E-state index >= 15 is 0 Å². The molecule has 0 unspecified atom stereocenters. The van der Waals surface area contributed by atoms with Crippen molar-refractivity contribution in [2.45, 2.75) is 6.18 Å². The van der Waals surface area contributed by atoms with Crippen molar-refractivity contribution in [2.24, 2.45) is 5.10 Å². The lowest BCUT2D eigenvalue weighted by Gasteiger charge is -2.09. The third-order valence-corrected chi connectivity index (χ3v) is 3.74. The van der Waals surface area contributed by atoms with Gasteiger partial charge in [0.25, 0.3) is 5.91 Å². The second-order valence-corrected chi connectivity index (χ2v) is 5.50. The normalized spacial score (nSPS) is 11.6. The summed E-state index contributed by atoms with van der Waals surface area (Å²) in [6.07, 6.45) is -3.61. The molecule has 0 aromatic heterocycles. The van der Waals surface area contributed by atoms with Crippen molar-refractivity contribution in [3.8, 4) is 5.75 Å². The highest BCUT2D eigenvalue weighted by molar-refractivity contribution is 6.42. The minimum atomic E-state index is -4.51. The molecule has 0 fully saturated rings. The average Bonchev–Trinajstić information content (AvgIpc) is 2.56. The van der Waals surface area contributed by atoms with E-state index in [1.165, 1.54) is 24.3 Å². The first kappa shape index (κ1) is 19.1. The van der Waals surface area contributed by atoms with Gasteiger partial charge in [-0.25, -0.2) is 5.43 Å². The lowest BCUT2D eigenvalue weighted by atomic mass is 10.1. The smallest absolute Gasteiger partial charge is 0.417 e. The Kier molecular flexibility index (Phi) is 6.27. The number of hydrazone groups is 1. The molecule has 0 spiro atoms. The Morgan fingerprint density at radius 3 is 2.60 bits per heavy atom. The molecule has 9 heteroatoms. The van der Waals surface area contributed by atoms with Gasteiger partial charge < -0.3 is 4.74 Å². The zero-order chi connectivity index (χ0) is 18.4. The molecule has 0 saturated carbocycles. The molecule has 25 heavy (non-hydrogen) atoms. The molecule has 0 aliphatic carbocycles. The lowest BCUT2D eigenvalue weighted by Crippen LogP contribution is -2.24. The second-order valence-electron chi connectivity index (χ2n) is 4.72. The van der Waals surface area contributed by atoms with Crippen LogP contribution in [0.15, 0.2) is 47.6 Å². The van der Waals surface area contributed by atoms with Crippen LogP contribution in [0, 0.1) is 0 Å². The van der Waals surface area contributed by atoms with Gasteiger partial charge in [0.2, 0.25) is 0 Å². The number of rotatable bonds is 5. The fraction of sp³-hybridized carbons (Fsp3) is 0.125. The molecule has 0 aliphatic rings. The number of alkyl halides is 3. The van der Waals surface area contributed by atoms with E-state index in [1.807, 2.05) is 0 Å². The zero-order valence-corrected chi connectivity index (χ0v) is 14.0. The first-order chi connectivity index (χ1) is 11.8. The summed E-state index contributed by atoms with van der Waals surface area (Å²) < 4.78 is 43.6. The molecular weight excluding hydrogens is 380 g/mol. The van der Waals surface area contributed by atoms with Crippen LogP contribution in [-0.4, -0.2) is 18.7 Å². The highest BCUT2D eigenvalue weighted by Gasteiger charge is 2.32. The van der Waals surface area contributed by atoms with Crippen LogP contribution >= 0.6 is 23.2 Å². The number of carbonyl (C=O) groups excluding carboxylic acids is 1. The fourth-order valence-electron chi connectivity index (χ4n) is 1.81. The Balaban J connectivity index is 1.94. The third-order valence-electron chi connectivity index (χ3n) is 2.93.